The Balaban J connectivity index is 1.24. The quantitative estimate of drug-likeness (QED) is 0.165. The van der Waals surface area contributed by atoms with Gasteiger partial charge in [0.2, 0.25) is 0 Å². The van der Waals surface area contributed by atoms with E-state index in [1.807, 2.05) is 30.3 Å². The first-order valence-electron chi connectivity index (χ1n) is 13.8. The third kappa shape index (κ3) is 6.33. The highest BCUT2D eigenvalue weighted by atomic mass is 16.5. The summed E-state index contributed by atoms with van der Waals surface area (Å²) < 4.78 is 11.2. The number of aromatic nitrogens is 2. The number of aliphatic hydroxyl groups is 2. The number of anilines is 1. The van der Waals surface area contributed by atoms with Gasteiger partial charge in [-0.25, -0.2) is 9.80 Å². The number of hydrogen-bond donors (Lipinski definition) is 5. The largest absolute Gasteiger partial charge is 0.493 e. The maximum atomic E-state index is 13.6. The summed E-state index contributed by atoms with van der Waals surface area (Å²) >= 11 is 0. The van der Waals surface area contributed by atoms with Gasteiger partial charge in [0.1, 0.15) is 11.4 Å². The van der Waals surface area contributed by atoms with Crippen molar-refractivity contribution >= 4 is 17.5 Å². The van der Waals surface area contributed by atoms with Gasteiger partial charge in [0.05, 0.1) is 42.3 Å². The Hall–Kier alpha value is -4.03. The van der Waals surface area contributed by atoms with Crippen molar-refractivity contribution in [3.05, 3.63) is 65.7 Å². The number of amides is 2. The number of rotatable bonds is 12. The average Bonchev–Trinajstić information content (AvgIpc) is 3.54. The molecule has 0 unspecified atom stereocenters. The van der Waals surface area contributed by atoms with Crippen LogP contribution in [0.4, 0.5) is 10.5 Å². The van der Waals surface area contributed by atoms with E-state index in [2.05, 4.69) is 27.5 Å². The van der Waals surface area contributed by atoms with Crippen molar-refractivity contribution in [2.24, 2.45) is 5.92 Å². The number of morpholine rings is 1. The number of hydrogen-bond acceptors (Lipinski definition) is 8. The molecule has 1 aliphatic carbocycles. The topological polar surface area (TPSA) is 149 Å². The normalized spacial score (nSPS) is 14.6. The molecule has 2 aromatic carbocycles. The first kappa shape index (κ1) is 28.5. The Morgan fingerprint density at radius 3 is 2.54 bits per heavy atom. The number of aromatic amines is 1. The summed E-state index contributed by atoms with van der Waals surface area (Å²) in [5, 5.41) is 30.5. The molecule has 0 spiro atoms. The molecular formula is C30H35N5O6. The van der Waals surface area contributed by atoms with E-state index in [9.17, 15) is 19.8 Å². The van der Waals surface area contributed by atoms with Crippen molar-refractivity contribution in [1.29, 1.82) is 0 Å². The SMILES string of the molecule is C=C(CCOc1ccc(-c2n[nH]c3c2C(=O)c2c(NC(=O)NN4CCOCC4)cccc2-3)cc1)C(CCO)CCO. The molecule has 2 amide bonds. The van der Waals surface area contributed by atoms with Crippen LogP contribution in [0.15, 0.2) is 54.6 Å². The molecule has 1 aliphatic heterocycles. The summed E-state index contributed by atoms with van der Waals surface area (Å²) in [5.74, 6) is 0.524. The Bertz CT molecular complexity index is 1390. The van der Waals surface area contributed by atoms with E-state index < -0.39 is 6.03 Å². The third-order valence-corrected chi connectivity index (χ3v) is 7.43. The summed E-state index contributed by atoms with van der Waals surface area (Å²) in [7, 11) is 0. The minimum absolute atomic E-state index is 0.0541. The minimum Gasteiger partial charge on any atom is -0.493 e. The van der Waals surface area contributed by atoms with Crippen LogP contribution in [-0.4, -0.2) is 83.4 Å². The van der Waals surface area contributed by atoms with Crippen LogP contribution in [0, 0.1) is 5.92 Å². The summed E-state index contributed by atoms with van der Waals surface area (Å²) in [4.78, 5) is 26.3. The average molecular weight is 562 g/mol. The molecule has 0 atom stereocenters. The number of hydrazine groups is 1. The van der Waals surface area contributed by atoms with Crippen molar-refractivity contribution in [2.75, 3.05) is 51.4 Å². The molecule has 0 bridgehead atoms. The van der Waals surface area contributed by atoms with Crippen molar-refractivity contribution in [1.82, 2.24) is 20.6 Å². The second-order valence-corrected chi connectivity index (χ2v) is 10.0. The van der Waals surface area contributed by atoms with Crippen LogP contribution in [-0.2, 0) is 4.74 Å². The Morgan fingerprint density at radius 2 is 1.83 bits per heavy atom. The molecule has 1 fully saturated rings. The van der Waals surface area contributed by atoms with E-state index in [4.69, 9.17) is 9.47 Å². The first-order valence-corrected chi connectivity index (χ1v) is 13.8. The Morgan fingerprint density at radius 1 is 1.10 bits per heavy atom. The molecule has 5 rings (SSSR count). The summed E-state index contributed by atoms with van der Waals surface area (Å²) in [5.41, 5.74) is 7.66. The molecule has 0 saturated carbocycles. The fraction of sp³-hybridized carbons (Fsp3) is 0.367. The molecule has 0 radical (unpaired) electrons. The van der Waals surface area contributed by atoms with Gasteiger partial charge in [0.15, 0.2) is 5.78 Å². The van der Waals surface area contributed by atoms with E-state index in [1.54, 1.807) is 17.1 Å². The number of urea groups is 1. The Labute approximate surface area is 238 Å². The summed E-state index contributed by atoms with van der Waals surface area (Å²) in [6.45, 7) is 6.90. The molecule has 11 nitrogen and oxygen atoms in total. The second-order valence-electron chi connectivity index (χ2n) is 10.0. The number of fused-ring (bicyclic) bond motifs is 3. The van der Waals surface area contributed by atoms with E-state index in [0.717, 1.165) is 11.1 Å². The molecule has 1 saturated heterocycles. The number of H-pyrrole nitrogens is 1. The number of carbonyl (C=O) groups is 2. The zero-order chi connectivity index (χ0) is 28.8. The predicted octanol–water partition coefficient (Wildman–Crippen LogP) is 3.36. The zero-order valence-corrected chi connectivity index (χ0v) is 22.8. The fourth-order valence-electron chi connectivity index (χ4n) is 5.25. The van der Waals surface area contributed by atoms with Crippen molar-refractivity contribution < 1.29 is 29.3 Å². The smallest absolute Gasteiger partial charge is 0.333 e. The third-order valence-electron chi connectivity index (χ3n) is 7.43. The van der Waals surface area contributed by atoms with Crippen LogP contribution in [0.3, 0.4) is 0 Å². The number of ether oxygens (including phenoxy) is 2. The van der Waals surface area contributed by atoms with Crippen molar-refractivity contribution in [2.45, 2.75) is 19.3 Å². The number of aliphatic hydroxyl groups excluding tert-OH is 2. The van der Waals surface area contributed by atoms with Gasteiger partial charge in [-0.3, -0.25) is 15.3 Å². The van der Waals surface area contributed by atoms with Crippen LogP contribution < -0.4 is 15.5 Å². The lowest BCUT2D eigenvalue weighted by molar-refractivity contribution is 0.0207. The molecule has 11 heteroatoms. The predicted molar refractivity (Wildman–Crippen MR) is 154 cm³/mol. The fourth-order valence-corrected chi connectivity index (χ4v) is 5.25. The van der Waals surface area contributed by atoms with Crippen LogP contribution >= 0.6 is 0 Å². The van der Waals surface area contributed by atoms with Crippen LogP contribution in [0.1, 0.15) is 35.2 Å². The first-order chi connectivity index (χ1) is 20.0. The monoisotopic (exact) mass is 561 g/mol. The number of ketones is 1. The lowest BCUT2D eigenvalue weighted by Gasteiger charge is -2.27. The number of carbonyl (C=O) groups excluding carboxylic acids is 2. The minimum atomic E-state index is -0.418. The van der Waals surface area contributed by atoms with Gasteiger partial charge in [0, 0.05) is 43.9 Å². The van der Waals surface area contributed by atoms with E-state index in [-0.39, 0.29) is 24.9 Å². The highest BCUT2D eigenvalue weighted by Crippen LogP contribution is 2.43. The van der Waals surface area contributed by atoms with E-state index in [0.29, 0.717) is 91.7 Å². The number of benzene rings is 2. The highest BCUT2D eigenvalue weighted by Gasteiger charge is 2.35. The van der Waals surface area contributed by atoms with Gasteiger partial charge in [-0.15, -0.1) is 0 Å². The maximum absolute atomic E-state index is 13.6. The van der Waals surface area contributed by atoms with E-state index in [1.165, 1.54) is 0 Å². The molecule has 3 aromatic rings. The molecule has 2 aliphatic rings. The lowest BCUT2D eigenvalue weighted by Crippen LogP contribution is -2.49. The standard InChI is InChI=1S/C30H35N5O6/c1-19(20(9-14-36)10-15-37)11-16-41-22-7-5-21(6-8-22)27-26-28(33-32-27)23-3-2-4-24(25(23)29(26)38)31-30(39)34-35-12-17-40-18-13-35/h2-8,20,36-37H,1,9-18H2,(H,32,33)(H2,31,34,39). The van der Waals surface area contributed by atoms with E-state index >= 15 is 0 Å². The van der Waals surface area contributed by atoms with Gasteiger partial charge in [0.25, 0.3) is 0 Å². The molecule has 216 valence electrons. The van der Waals surface area contributed by atoms with Gasteiger partial charge >= 0.3 is 6.03 Å². The van der Waals surface area contributed by atoms with Crippen LogP contribution in [0.5, 0.6) is 5.75 Å². The second kappa shape index (κ2) is 13.1. The summed E-state index contributed by atoms with van der Waals surface area (Å²) in [6.07, 6.45) is 1.76. The number of nitrogens with zero attached hydrogens (tertiary/aromatic N) is 2. The van der Waals surface area contributed by atoms with Crippen LogP contribution in [0.2, 0.25) is 0 Å². The molecular weight excluding hydrogens is 526 g/mol. The van der Waals surface area contributed by atoms with Gasteiger partial charge in [-0.2, -0.15) is 5.10 Å². The number of nitrogens with one attached hydrogen (secondary N) is 3. The van der Waals surface area contributed by atoms with Gasteiger partial charge in [-0.1, -0.05) is 24.3 Å². The zero-order valence-electron chi connectivity index (χ0n) is 22.8. The molecule has 5 N–H and O–H groups in total. The van der Waals surface area contributed by atoms with Gasteiger partial charge in [-0.05, 0) is 49.1 Å². The van der Waals surface area contributed by atoms with Gasteiger partial charge < -0.3 is 25.0 Å². The van der Waals surface area contributed by atoms with Crippen molar-refractivity contribution in [3.8, 4) is 28.3 Å². The highest BCUT2D eigenvalue weighted by molar-refractivity contribution is 6.26. The summed E-state index contributed by atoms with van der Waals surface area (Å²) in [6, 6.07) is 12.3. The lowest BCUT2D eigenvalue weighted by atomic mass is 9.92. The molecule has 2 heterocycles. The van der Waals surface area contributed by atoms with Crippen molar-refractivity contribution in [3.63, 3.8) is 0 Å². The Kier molecular flexibility index (Phi) is 9.10. The molecule has 41 heavy (non-hydrogen) atoms. The van der Waals surface area contributed by atoms with Crippen LogP contribution in [0.25, 0.3) is 22.5 Å². The molecule has 1 aromatic heterocycles. The maximum Gasteiger partial charge on any atom is 0.333 e.